The van der Waals surface area contributed by atoms with Crippen LogP contribution >= 0.6 is 0 Å². The Hall–Kier alpha value is -1.42. The minimum absolute atomic E-state index is 0.672. The van der Waals surface area contributed by atoms with Gasteiger partial charge in [0, 0.05) is 0 Å². The molecule has 3 heteroatoms. The van der Waals surface area contributed by atoms with E-state index in [4.69, 9.17) is 0 Å². The van der Waals surface area contributed by atoms with Crippen molar-refractivity contribution in [1.82, 2.24) is 0 Å². The Kier molecular flexibility index (Phi) is 4.21. The molecule has 0 spiro atoms. The van der Waals surface area contributed by atoms with E-state index < -0.39 is 19.8 Å². The van der Waals surface area contributed by atoms with E-state index in [1.807, 2.05) is 18.2 Å². The van der Waals surface area contributed by atoms with Gasteiger partial charge in [-0.3, -0.25) is 0 Å². The van der Waals surface area contributed by atoms with Gasteiger partial charge in [0.2, 0.25) is 0 Å². The Morgan fingerprint density at radius 2 is 1.91 bits per heavy atom. The Morgan fingerprint density at radius 3 is 2.57 bits per heavy atom. The molecule has 0 aromatic heterocycles. The second-order valence-corrected chi connectivity index (χ2v) is 12.7. The summed E-state index contributed by atoms with van der Waals surface area (Å²) in [7, 11) is -1.64. The van der Waals surface area contributed by atoms with Crippen molar-refractivity contribution in [2.75, 3.05) is 0 Å². The van der Waals surface area contributed by atoms with Gasteiger partial charge in [-0.15, -0.1) is 0 Å². The average molecular weight is 327 g/mol. The van der Waals surface area contributed by atoms with Crippen molar-refractivity contribution in [2.45, 2.75) is 50.6 Å². The van der Waals surface area contributed by atoms with Crippen LogP contribution in [0.25, 0.3) is 6.08 Å². The summed E-state index contributed by atoms with van der Waals surface area (Å²) in [5.74, 6) is 0. The van der Waals surface area contributed by atoms with Crippen molar-refractivity contribution in [1.29, 1.82) is 0 Å². The molecule has 0 saturated heterocycles. The highest BCUT2D eigenvalue weighted by Crippen LogP contribution is 2.51. The zero-order valence-corrected chi connectivity index (χ0v) is 15.2. The highest BCUT2D eigenvalue weighted by Gasteiger charge is 2.55. The molecule has 1 aromatic rings. The number of aliphatic hydroxyl groups is 2. The van der Waals surface area contributed by atoms with E-state index in [-0.39, 0.29) is 0 Å². The van der Waals surface area contributed by atoms with Gasteiger partial charge in [-0.25, -0.2) is 0 Å². The zero-order chi connectivity index (χ0) is 16.7. The molecule has 2 nitrogen and oxygen atoms in total. The lowest BCUT2D eigenvalue weighted by molar-refractivity contribution is -0.0702. The molecular weight excluding hydrogens is 300 g/mol. The summed E-state index contributed by atoms with van der Waals surface area (Å²) < 4.78 is 0. The predicted molar refractivity (Wildman–Crippen MR) is 98.7 cm³/mol. The summed E-state index contributed by atoms with van der Waals surface area (Å²) in [4.78, 5) is 0. The summed E-state index contributed by atoms with van der Waals surface area (Å²) in [5, 5.41) is 22.6. The second-order valence-electron chi connectivity index (χ2n) is 7.66. The molecule has 0 amide bonds. The van der Waals surface area contributed by atoms with E-state index in [0.717, 1.165) is 29.6 Å². The molecule has 1 saturated carbocycles. The molecule has 2 atom stereocenters. The highest BCUT2D eigenvalue weighted by atomic mass is 28.3. The monoisotopic (exact) mass is 326 g/mol. The topological polar surface area (TPSA) is 40.5 Å². The van der Waals surface area contributed by atoms with E-state index in [1.54, 1.807) is 0 Å². The quantitative estimate of drug-likeness (QED) is 0.821. The molecule has 0 heterocycles. The third-order valence-electron chi connectivity index (χ3n) is 4.93. The van der Waals surface area contributed by atoms with Crippen LogP contribution in [-0.4, -0.2) is 30.0 Å². The number of rotatable bonds is 3. The molecule has 1 fully saturated rings. The number of aliphatic hydroxyl groups excluding tert-OH is 1. The second kappa shape index (κ2) is 5.89. The smallest absolute Gasteiger partial charge is 0.120 e. The molecule has 2 aliphatic rings. The van der Waals surface area contributed by atoms with Gasteiger partial charge in [-0.05, 0) is 36.0 Å². The van der Waals surface area contributed by atoms with Crippen LogP contribution in [-0.2, 0) is 0 Å². The van der Waals surface area contributed by atoms with Gasteiger partial charge in [-0.2, -0.15) is 0 Å². The van der Waals surface area contributed by atoms with Crippen LogP contribution in [0, 0.1) is 0 Å². The van der Waals surface area contributed by atoms with E-state index in [1.165, 1.54) is 5.20 Å². The first-order valence-corrected chi connectivity index (χ1v) is 11.9. The van der Waals surface area contributed by atoms with Crippen molar-refractivity contribution in [2.24, 2.45) is 0 Å². The molecule has 122 valence electrons. The molecule has 1 aromatic carbocycles. The molecule has 0 unspecified atom stereocenters. The number of hydrogen-bond donors (Lipinski definition) is 2. The third-order valence-corrected chi connectivity index (χ3v) is 6.99. The van der Waals surface area contributed by atoms with Crippen molar-refractivity contribution in [3.05, 3.63) is 64.4 Å². The Balaban J connectivity index is 2.04. The summed E-state index contributed by atoms with van der Waals surface area (Å²) in [6.45, 7) is 6.87. The standard InChI is InChI=1S/C20H26O2Si/c1-23(2,3)17(13-12-15-9-5-4-6-10-15)18-16-11-7-8-14-20(16,22)19(18)21/h4-6,9-13,19,21-22H,7-8,14H2,1-3H3/b13-12+,18-17-/t19-,20+/m0/s1. The average Bonchev–Trinajstić information content (AvgIpc) is 2.52. The Bertz CT molecular complexity index is 679. The highest BCUT2D eigenvalue weighted by molar-refractivity contribution is 6.84. The van der Waals surface area contributed by atoms with Crippen LogP contribution in [0.3, 0.4) is 0 Å². The van der Waals surface area contributed by atoms with Crippen molar-refractivity contribution in [3.63, 3.8) is 0 Å². The van der Waals surface area contributed by atoms with Gasteiger partial charge in [0.15, 0.2) is 0 Å². The van der Waals surface area contributed by atoms with Gasteiger partial charge in [0.25, 0.3) is 0 Å². The minimum atomic E-state index is -1.64. The number of allylic oxidation sites excluding steroid dienone is 3. The maximum Gasteiger partial charge on any atom is 0.120 e. The van der Waals surface area contributed by atoms with Gasteiger partial charge in [-0.1, -0.05) is 73.4 Å². The molecular formula is C20H26O2Si. The van der Waals surface area contributed by atoms with Gasteiger partial charge >= 0.3 is 0 Å². The Morgan fingerprint density at radius 1 is 1.22 bits per heavy atom. The molecule has 2 N–H and O–H groups in total. The van der Waals surface area contributed by atoms with E-state index in [2.05, 4.69) is 50.0 Å². The number of fused-ring (bicyclic) bond motifs is 1. The fourth-order valence-electron chi connectivity index (χ4n) is 3.64. The maximum absolute atomic E-state index is 10.7. The van der Waals surface area contributed by atoms with Crippen LogP contribution in [0.2, 0.25) is 19.6 Å². The van der Waals surface area contributed by atoms with Gasteiger partial charge < -0.3 is 10.2 Å². The summed E-state index contributed by atoms with van der Waals surface area (Å²) in [6, 6.07) is 10.2. The molecule has 23 heavy (non-hydrogen) atoms. The van der Waals surface area contributed by atoms with Crippen molar-refractivity contribution < 1.29 is 10.2 Å². The van der Waals surface area contributed by atoms with Crippen LogP contribution in [0.15, 0.2) is 58.8 Å². The molecule has 2 aliphatic carbocycles. The van der Waals surface area contributed by atoms with Crippen LogP contribution in [0.1, 0.15) is 24.8 Å². The van der Waals surface area contributed by atoms with Crippen molar-refractivity contribution >= 4 is 14.1 Å². The minimum Gasteiger partial charge on any atom is -0.385 e. The van der Waals surface area contributed by atoms with E-state index in [9.17, 15) is 10.2 Å². The first-order valence-electron chi connectivity index (χ1n) is 8.43. The lowest BCUT2D eigenvalue weighted by Gasteiger charge is -2.51. The molecule has 3 rings (SSSR count). The van der Waals surface area contributed by atoms with Crippen LogP contribution in [0.4, 0.5) is 0 Å². The molecule has 0 aliphatic heterocycles. The first-order chi connectivity index (χ1) is 10.8. The lowest BCUT2D eigenvalue weighted by Crippen LogP contribution is -2.58. The maximum atomic E-state index is 10.7. The largest absolute Gasteiger partial charge is 0.385 e. The molecule has 0 radical (unpaired) electrons. The first kappa shape index (κ1) is 16.4. The number of benzene rings is 1. The molecule has 0 bridgehead atoms. The SMILES string of the molecule is C[Si](C)(C)C(/C=C/c1ccccc1)=C1/C2=CCCC[C@]2(O)[C@H]1O. The Labute approximate surface area is 139 Å². The third kappa shape index (κ3) is 2.89. The number of hydrogen-bond acceptors (Lipinski definition) is 2. The summed E-state index contributed by atoms with van der Waals surface area (Å²) >= 11 is 0. The lowest BCUT2D eigenvalue weighted by atomic mass is 9.62. The summed E-state index contributed by atoms with van der Waals surface area (Å²) in [6.07, 6.45) is 8.29. The van der Waals surface area contributed by atoms with Crippen LogP contribution < -0.4 is 0 Å². The normalized spacial score (nSPS) is 29.8. The van der Waals surface area contributed by atoms with E-state index in [0.29, 0.717) is 6.42 Å². The fraction of sp³-hybridized carbons (Fsp3) is 0.400. The zero-order valence-electron chi connectivity index (χ0n) is 14.2. The summed E-state index contributed by atoms with van der Waals surface area (Å²) in [5.41, 5.74) is 2.12. The predicted octanol–water partition coefficient (Wildman–Crippen LogP) is 4.09. The van der Waals surface area contributed by atoms with E-state index >= 15 is 0 Å². The fourth-order valence-corrected chi connectivity index (χ4v) is 5.31. The van der Waals surface area contributed by atoms with Gasteiger partial charge in [0.1, 0.15) is 11.7 Å². The van der Waals surface area contributed by atoms with Crippen molar-refractivity contribution in [3.8, 4) is 0 Å². The van der Waals surface area contributed by atoms with Crippen LogP contribution in [0.5, 0.6) is 0 Å². The van der Waals surface area contributed by atoms with Gasteiger partial charge in [0.05, 0.1) is 8.07 Å².